The fourth-order valence-corrected chi connectivity index (χ4v) is 1.00. The Hall–Kier alpha value is -1.16. The molecular formula is C18H24Cl2. The molecule has 0 saturated carbocycles. The smallest absolute Gasteiger partial charge is 0.0406 e. The molecule has 0 aliphatic carbocycles. The van der Waals surface area contributed by atoms with Gasteiger partial charge in [-0.1, -0.05) is 52.5 Å². The SMILES string of the molecule is CC#CC.CC(C)=C/C=C(\C)Cl.Cc1ccc(Cl)cc1. The van der Waals surface area contributed by atoms with Crippen LogP contribution in [0.1, 0.15) is 40.2 Å². The lowest BCUT2D eigenvalue weighted by molar-refractivity contribution is 1.39. The summed E-state index contributed by atoms with van der Waals surface area (Å²) in [6.07, 6.45) is 3.87. The molecule has 0 fully saturated rings. The van der Waals surface area contributed by atoms with Gasteiger partial charge in [0, 0.05) is 10.1 Å². The molecule has 0 unspecified atom stereocenters. The second-order valence-corrected chi connectivity index (χ2v) is 5.33. The Labute approximate surface area is 134 Å². The van der Waals surface area contributed by atoms with Gasteiger partial charge in [0.25, 0.3) is 0 Å². The van der Waals surface area contributed by atoms with E-state index in [-0.39, 0.29) is 0 Å². The predicted octanol–water partition coefficient (Wildman–Crippen LogP) is 6.77. The molecule has 110 valence electrons. The van der Waals surface area contributed by atoms with Gasteiger partial charge in [-0.05, 0) is 59.8 Å². The average Bonchev–Trinajstić information content (AvgIpc) is 2.41. The van der Waals surface area contributed by atoms with Gasteiger partial charge in [0.1, 0.15) is 0 Å². The summed E-state index contributed by atoms with van der Waals surface area (Å²) in [5.41, 5.74) is 2.51. The van der Waals surface area contributed by atoms with Crippen LogP contribution in [0.15, 0.2) is 47.0 Å². The van der Waals surface area contributed by atoms with Crippen molar-refractivity contribution < 1.29 is 0 Å². The highest BCUT2D eigenvalue weighted by Gasteiger charge is 1.81. The highest BCUT2D eigenvalue weighted by atomic mass is 35.5. The number of hydrogen-bond donors (Lipinski definition) is 0. The lowest BCUT2D eigenvalue weighted by atomic mass is 10.2. The topological polar surface area (TPSA) is 0 Å². The lowest BCUT2D eigenvalue weighted by Crippen LogP contribution is -1.66. The van der Waals surface area contributed by atoms with Crippen LogP contribution in [-0.2, 0) is 0 Å². The quantitative estimate of drug-likeness (QED) is 0.396. The average molecular weight is 311 g/mol. The summed E-state index contributed by atoms with van der Waals surface area (Å²) >= 11 is 11.2. The summed E-state index contributed by atoms with van der Waals surface area (Å²) in [6, 6.07) is 7.75. The van der Waals surface area contributed by atoms with Crippen molar-refractivity contribution in [2.24, 2.45) is 0 Å². The van der Waals surface area contributed by atoms with Crippen LogP contribution in [0, 0.1) is 18.8 Å². The van der Waals surface area contributed by atoms with Crippen molar-refractivity contribution in [3.05, 3.63) is 57.6 Å². The first-order chi connectivity index (χ1) is 9.33. The Morgan fingerprint density at radius 1 is 0.950 bits per heavy atom. The molecular weight excluding hydrogens is 287 g/mol. The molecule has 0 spiro atoms. The first-order valence-corrected chi connectivity index (χ1v) is 7.12. The second kappa shape index (κ2) is 14.3. The molecule has 0 radical (unpaired) electrons. The van der Waals surface area contributed by atoms with Gasteiger partial charge in [-0.2, -0.15) is 0 Å². The van der Waals surface area contributed by atoms with E-state index in [1.165, 1.54) is 11.1 Å². The van der Waals surface area contributed by atoms with Gasteiger partial charge in [-0.25, -0.2) is 0 Å². The Balaban J connectivity index is 0. The molecule has 1 aromatic carbocycles. The lowest BCUT2D eigenvalue weighted by Gasteiger charge is -1.88. The molecule has 1 rings (SSSR count). The molecule has 0 aliphatic heterocycles. The number of aryl methyl sites for hydroxylation is 1. The monoisotopic (exact) mass is 310 g/mol. The fourth-order valence-electron chi connectivity index (χ4n) is 0.815. The van der Waals surface area contributed by atoms with Crippen molar-refractivity contribution >= 4 is 23.2 Å². The zero-order valence-corrected chi connectivity index (χ0v) is 14.7. The van der Waals surface area contributed by atoms with Gasteiger partial charge < -0.3 is 0 Å². The van der Waals surface area contributed by atoms with E-state index in [9.17, 15) is 0 Å². The highest BCUT2D eigenvalue weighted by Crippen LogP contribution is 2.07. The second-order valence-electron chi connectivity index (χ2n) is 4.29. The molecule has 0 aliphatic rings. The molecule has 0 aromatic heterocycles. The third kappa shape index (κ3) is 19.2. The number of benzene rings is 1. The van der Waals surface area contributed by atoms with Gasteiger partial charge in [-0.15, -0.1) is 11.8 Å². The van der Waals surface area contributed by atoms with Crippen molar-refractivity contribution in [2.75, 3.05) is 0 Å². The van der Waals surface area contributed by atoms with Crippen LogP contribution in [0.5, 0.6) is 0 Å². The normalized spacial score (nSPS) is 8.90. The Morgan fingerprint density at radius 3 is 1.60 bits per heavy atom. The van der Waals surface area contributed by atoms with Crippen molar-refractivity contribution in [1.82, 2.24) is 0 Å². The molecule has 0 amide bonds. The molecule has 0 heterocycles. The van der Waals surface area contributed by atoms with E-state index in [1.807, 2.05) is 78.0 Å². The van der Waals surface area contributed by atoms with E-state index in [0.29, 0.717) is 0 Å². The largest absolute Gasteiger partial charge is 0.107 e. The van der Waals surface area contributed by atoms with E-state index in [1.54, 1.807) is 0 Å². The van der Waals surface area contributed by atoms with Crippen LogP contribution >= 0.6 is 23.2 Å². The molecule has 0 atom stereocenters. The van der Waals surface area contributed by atoms with Gasteiger partial charge >= 0.3 is 0 Å². The number of halogens is 2. The van der Waals surface area contributed by atoms with Crippen LogP contribution < -0.4 is 0 Å². The van der Waals surface area contributed by atoms with E-state index < -0.39 is 0 Å². The molecule has 2 heteroatoms. The summed E-state index contributed by atoms with van der Waals surface area (Å²) in [4.78, 5) is 0. The van der Waals surface area contributed by atoms with Crippen LogP contribution in [0.4, 0.5) is 0 Å². The zero-order valence-electron chi connectivity index (χ0n) is 13.2. The van der Waals surface area contributed by atoms with Crippen molar-refractivity contribution in [2.45, 2.75) is 41.5 Å². The van der Waals surface area contributed by atoms with Crippen LogP contribution in [-0.4, -0.2) is 0 Å². The van der Waals surface area contributed by atoms with E-state index in [0.717, 1.165) is 10.1 Å². The minimum atomic E-state index is 0.801. The van der Waals surface area contributed by atoms with Gasteiger partial charge in [0.15, 0.2) is 0 Å². The third-order valence-corrected chi connectivity index (χ3v) is 2.29. The zero-order chi connectivity index (χ0) is 16.0. The molecule has 0 saturated heterocycles. The molecule has 0 bridgehead atoms. The van der Waals surface area contributed by atoms with Gasteiger partial charge in [-0.3, -0.25) is 0 Å². The standard InChI is InChI=1S/C7H7Cl.C7H11Cl.C4H6/c1-6-2-4-7(8)5-3-6;1-6(2)4-5-7(3)8;1-3-4-2/h2-5H,1H3;4-5H,1-3H3;1-2H3/b;7-5+;. The summed E-state index contributed by atoms with van der Waals surface area (Å²) in [7, 11) is 0. The van der Waals surface area contributed by atoms with Crippen molar-refractivity contribution in [1.29, 1.82) is 0 Å². The molecule has 0 nitrogen and oxygen atoms in total. The highest BCUT2D eigenvalue weighted by molar-refractivity contribution is 6.30. The van der Waals surface area contributed by atoms with Crippen molar-refractivity contribution in [3.63, 3.8) is 0 Å². The number of rotatable bonds is 1. The predicted molar refractivity (Wildman–Crippen MR) is 94.4 cm³/mol. The first kappa shape index (κ1) is 21.1. The maximum absolute atomic E-state index is 5.61. The van der Waals surface area contributed by atoms with Gasteiger partial charge in [0.05, 0.1) is 0 Å². The van der Waals surface area contributed by atoms with Crippen LogP contribution in [0.3, 0.4) is 0 Å². The Bertz CT molecular complexity index is 417. The molecule has 0 N–H and O–H groups in total. The summed E-state index contributed by atoms with van der Waals surface area (Å²) in [5, 5.41) is 1.63. The Morgan fingerprint density at radius 2 is 1.40 bits per heavy atom. The summed E-state index contributed by atoms with van der Waals surface area (Å²) in [6.45, 7) is 11.6. The summed E-state index contributed by atoms with van der Waals surface area (Å²) in [5.74, 6) is 5.36. The maximum Gasteiger partial charge on any atom is 0.0406 e. The van der Waals surface area contributed by atoms with E-state index >= 15 is 0 Å². The van der Waals surface area contributed by atoms with Crippen LogP contribution in [0.2, 0.25) is 5.02 Å². The molecule has 1 aromatic rings. The van der Waals surface area contributed by atoms with Crippen LogP contribution in [0.25, 0.3) is 0 Å². The number of allylic oxidation sites excluding steroid dienone is 4. The first-order valence-electron chi connectivity index (χ1n) is 6.36. The van der Waals surface area contributed by atoms with E-state index in [4.69, 9.17) is 23.2 Å². The van der Waals surface area contributed by atoms with E-state index in [2.05, 4.69) is 11.8 Å². The fraction of sp³-hybridized carbons (Fsp3) is 0.333. The maximum atomic E-state index is 5.61. The summed E-state index contributed by atoms with van der Waals surface area (Å²) < 4.78 is 0. The van der Waals surface area contributed by atoms with Crippen molar-refractivity contribution in [3.8, 4) is 11.8 Å². The third-order valence-electron chi connectivity index (χ3n) is 1.91. The minimum absolute atomic E-state index is 0.801. The Kier molecular flexibility index (Phi) is 15.1. The number of hydrogen-bond acceptors (Lipinski definition) is 0. The minimum Gasteiger partial charge on any atom is -0.107 e. The van der Waals surface area contributed by atoms with Gasteiger partial charge in [0.2, 0.25) is 0 Å². The molecule has 20 heavy (non-hydrogen) atoms.